The number of amides is 1. The second-order valence-electron chi connectivity index (χ2n) is 5.97. The van der Waals surface area contributed by atoms with Crippen LogP contribution in [0.25, 0.3) is 0 Å². The maximum Gasteiger partial charge on any atom is 0.275 e. The summed E-state index contributed by atoms with van der Waals surface area (Å²) >= 11 is 0. The van der Waals surface area contributed by atoms with E-state index in [4.69, 9.17) is 14.2 Å². The number of hydrazine groups is 1. The molecule has 1 aliphatic rings. The summed E-state index contributed by atoms with van der Waals surface area (Å²) in [4.78, 5) is 14.0. The fraction of sp³-hybridized carbons (Fsp3) is 0.278. The number of nitrogens with one attached hydrogen (secondary N) is 2. The van der Waals surface area contributed by atoms with Crippen LogP contribution in [0.1, 0.15) is 13.3 Å². The second kappa shape index (κ2) is 8.44. The minimum atomic E-state index is -4.04. The Hall–Kier alpha value is -2.85. The third-order valence-electron chi connectivity index (χ3n) is 3.83. The van der Waals surface area contributed by atoms with E-state index < -0.39 is 27.9 Å². The van der Waals surface area contributed by atoms with E-state index in [1.807, 2.05) is 4.83 Å². The molecule has 0 saturated heterocycles. The Kier molecular flexibility index (Phi) is 6.00. The molecule has 2 aromatic carbocycles. The van der Waals surface area contributed by atoms with Crippen molar-refractivity contribution in [3.8, 4) is 17.2 Å². The van der Waals surface area contributed by atoms with Crippen LogP contribution in [0, 0.1) is 5.82 Å². The predicted octanol–water partition coefficient (Wildman–Crippen LogP) is 1.76. The molecule has 0 radical (unpaired) electrons. The summed E-state index contributed by atoms with van der Waals surface area (Å²) in [6, 6.07) is 9.27. The number of hydrogen-bond acceptors (Lipinski definition) is 6. The van der Waals surface area contributed by atoms with Crippen molar-refractivity contribution in [3.05, 3.63) is 48.3 Å². The van der Waals surface area contributed by atoms with Crippen LogP contribution in [0.3, 0.4) is 0 Å². The highest BCUT2D eigenvalue weighted by atomic mass is 32.2. The van der Waals surface area contributed by atoms with Gasteiger partial charge < -0.3 is 14.2 Å². The van der Waals surface area contributed by atoms with Gasteiger partial charge in [-0.15, -0.1) is 4.83 Å². The van der Waals surface area contributed by atoms with E-state index in [2.05, 4.69) is 5.43 Å². The molecule has 1 aliphatic heterocycles. The average molecular weight is 410 g/mol. The van der Waals surface area contributed by atoms with Gasteiger partial charge in [0.15, 0.2) is 17.6 Å². The van der Waals surface area contributed by atoms with Crippen molar-refractivity contribution in [3.63, 3.8) is 0 Å². The number of carbonyl (C=O) groups is 1. The SMILES string of the molecule is C[C@@H](Oc1ccc(F)cc1)C(=O)NNS(=O)(=O)c1ccc2c(c1)OCCCO2. The van der Waals surface area contributed by atoms with Crippen molar-refractivity contribution in [1.29, 1.82) is 0 Å². The van der Waals surface area contributed by atoms with Crippen molar-refractivity contribution >= 4 is 15.9 Å². The fourth-order valence-corrected chi connectivity index (χ4v) is 3.22. The van der Waals surface area contributed by atoms with E-state index in [0.717, 1.165) is 0 Å². The summed E-state index contributed by atoms with van der Waals surface area (Å²) in [7, 11) is -4.04. The van der Waals surface area contributed by atoms with Crippen molar-refractivity contribution in [2.75, 3.05) is 13.2 Å². The monoisotopic (exact) mass is 410 g/mol. The van der Waals surface area contributed by atoms with E-state index in [1.54, 1.807) is 0 Å². The van der Waals surface area contributed by atoms with Gasteiger partial charge in [-0.1, -0.05) is 0 Å². The van der Waals surface area contributed by atoms with Crippen LogP contribution in [0.15, 0.2) is 47.4 Å². The van der Waals surface area contributed by atoms with Gasteiger partial charge in [-0.3, -0.25) is 10.2 Å². The van der Waals surface area contributed by atoms with Gasteiger partial charge in [0.1, 0.15) is 11.6 Å². The first kappa shape index (κ1) is 19.9. The second-order valence-corrected chi connectivity index (χ2v) is 7.65. The summed E-state index contributed by atoms with van der Waals surface area (Å²) in [5.41, 5.74) is 2.10. The molecule has 8 nitrogen and oxygen atoms in total. The fourth-order valence-electron chi connectivity index (χ4n) is 2.36. The molecule has 0 aliphatic carbocycles. The lowest BCUT2D eigenvalue weighted by Gasteiger charge is -2.15. The molecule has 2 aromatic rings. The van der Waals surface area contributed by atoms with Crippen LogP contribution in [-0.4, -0.2) is 33.6 Å². The molecule has 0 aromatic heterocycles. The summed E-state index contributed by atoms with van der Waals surface area (Å²) in [6.07, 6.45) is -0.325. The maximum absolute atomic E-state index is 12.9. The summed E-state index contributed by atoms with van der Waals surface area (Å²) < 4.78 is 54.0. The smallest absolute Gasteiger partial charge is 0.275 e. The lowest BCUT2D eigenvalue weighted by molar-refractivity contribution is -0.127. The zero-order valence-electron chi connectivity index (χ0n) is 15.0. The Labute approximate surface area is 161 Å². The quantitative estimate of drug-likeness (QED) is 0.704. The largest absolute Gasteiger partial charge is 0.490 e. The average Bonchev–Trinajstić information content (AvgIpc) is 2.92. The minimum Gasteiger partial charge on any atom is -0.490 e. The lowest BCUT2D eigenvalue weighted by Crippen LogP contribution is -2.47. The minimum absolute atomic E-state index is 0.0934. The third-order valence-corrected chi connectivity index (χ3v) is 5.08. The van der Waals surface area contributed by atoms with Crippen LogP contribution in [0.5, 0.6) is 17.2 Å². The Bertz CT molecular complexity index is 949. The third kappa shape index (κ3) is 4.90. The Balaban J connectivity index is 1.61. The zero-order valence-corrected chi connectivity index (χ0v) is 15.8. The molecule has 0 unspecified atom stereocenters. The van der Waals surface area contributed by atoms with Crippen molar-refractivity contribution in [1.82, 2.24) is 10.3 Å². The molecule has 0 fully saturated rings. The number of ether oxygens (including phenoxy) is 3. The maximum atomic E-state index is 12.9. The van der Waals surface area contributed by atoms with Gasteiger partial charge in [0.2, 0.25) is 0 Å². The van der Waals surface area contributed by atoms with E-state index in [-0.39, 0.29) is 10.6 Å². The molecule has 2 N–H and O–H groups in total. The van der Waals surface area contributed by atoms with E-state index >= 15 is 0 Å². The molecule has 1 amide bonds. The lowest BCUT2D eigenvalue weighted by atomic mass is 10.3. The molecule has 1 atom stereocenters. The number of halogens is 1. The highest BCUT2D eigenvalue weighted by molar-refractivity contribution is 7.89. The van der Waals surface area contributed by atoms with Gasteiger partial charge in [-0.2, -0.15) is 0 Å². The number of hydrogen-bond donors (Lipinski definition) is 2. The van der Waals surface area contributed by atoms with Crippen molar-refractivity contribution < 1.29 is 31.8 Å². The van der Waals surface area contributed by atoms with Crippen LogP contribution in [0.4, 0.5) is 4.39 Å². The van der Waals surface area contributed by atoms with E-state index in [1.165, 1.54) is 49.4 Å². The molecular formula is C18H19FN2O6S. The van der Waals surface area contributed by atoms with E-state index in [0.29, 0.717) is 31.1 Å². The number of sulfonamides is 1. The normalized spacial score (nSPS) is 14.6. The molecule has 28 heavy (non-hydrogen) atoms. The molecule has 0 spiro atoms. The van der Waals surface area contributed by atoms with Gasteiger partial charge in [0, 0.05) is 12.5 Å². The topological polar surface area (TPSA) is 103 Å². The van der Waals surface area contributed by atoms with Gasteiger partial charge in [-0.05, 0) is 43.3 Å². The Morgan fingerprint density at radius 1 is 1.11 bits per heavy atom. The molecule has 1 heterocycles. The summed E-state index contributed by atoms with van der Waals surface area (Å²) in [5.74, 6) is -0.106. The number of rotatable bonds is 6. The number of benzene rings is 2. The van der Waals surface area contributed by atoms with Crippen molar-refractivity contribution in [2.45, 2.75) is 24.3 Å². The molecule has 3 rings (SSSR count). The van der Waals surface area contributed by atoms with Gasteiger partial charge >= 0.3 is 0 Å². The molecule has 10 heteroatoms. The van der Waals surface area contributed by atoms with Gasteiger partial charge in [0.05, 0.1) is 18.1 Å². The highest BCUT2D eigenvalue weighted by Gasteiger charge is 2.21. The number of carbonyl (C=O) groups excluding carboxylic acids is 1. The number of fused-ring (bicyclic) bond motifs is 1. The molecule has 0 saturated carbocycles. The van der Waals surface area contributed by atoms with E-state index in [9.17, 15) is 17.6 Å². The van der Waals surface area contributed by atoms with Crippen LogP contribution >= 0.6 is 0 Å². The highest BCUT2D eigenvalue weighted by Crippen LogP contribution is 2.31. The van der Waals surface area contributed by atoms with Crippen LogP contribution in [-0.2, 0) is 14.8 Å². The van der Waals surface area contributed by atoms with Crippen LogP contribution < -0.4 is 24.5 Å². The first-order valence-corrected chi connectivity index (χ1v) is 9.97. The standard InChI is InChI=1S/C18H19FN2O6S/c1-12(27-14-5-3-13(19)4-6-14)18(22)20-21-28(23,24)15-7-8-16-17(11-15)26-10-2-9-25-16/h3-8,11-12,21H,2,9-10H2,1H3,(H,20,22)/t12-/m1/s1. The Morgan fingerprint density at radius 3 is 2.50 bits per heavy atom. The molecular weight excluding hydrogens is 391 g/mol. The zero-order chi connectivity index (χ0) is 20.1. The first-order chi connectivity index (χ1) is 13.3. The summed E-state index contributed by atoms with van der Waals surface area (Å²) in [5, 5.41) is 0. The van der Waals surface area contributed by atoms with Gasteiger partial charge in [0.25, 0.3) is 15.9 Å². The van der Waals surface area contributed by atoms with Crippen LogP contribution in [0.2, 0.25) is 0 Å². The first-order valence-electron chi connectivity index (χ1n) is 8.49. The molecule has 150 valence electrons. The summed E-state index contributed by atoms with van der Waals surface area (Å²) in [6.45, 7) is 2.33. The van der Waals surface area contributed by atoms with Gasteiger partial charge in [-0.25, -0.2) is 12.8 Å². The Morgan fingerprint density at radius 2 is 1.79 bits per heavy atom. The molecule has 0 bridgehead atoms. The predicted molar refractivity (Wildman–Crippen MR) is 97.0 cm³/mol. The van der Waals surface area contributed by atoms with Crippen molar-refractivity contribution in [2.24, 2.45) is 0 Å².